The van der Waals surface area contributed by atoms with Crippen molar-refractivity contribution in [1.82, 2.24) is 10.2 Å². The highest BCUT2D eigenvalue weighted by molar-refractivity contribution is 5.22. The zero-order valence-corrected chi connectivity index (χ0v) is 14.2. The van der Waals surface area contributed by atoms with Gasteiger partial charge in [-0.15, -0.1) is 0 Å². The molecule has 0 spiro atoms. The zero-order valence-electron chi connectivity index (χ0n) is 14.2. The molecule has 114 valence electrons. The Bertz CT molecular complexity index is 375. The molecule has 1 unspecified atom stereocenters. The first-order chi connectivity index (χ1) is 9.34. The molecule has 0 amide bonds. The van der Waals surface area contributed by atoms with Crippen LogP contribution in [-0.4, -0.2) is 24.5 Å². The van der Waals surface area contributed by atoms with E-state index in [1.165, 1.54) is 17.5 Å². The molecule has 1 aromatic carbocycles. The number of hydrogen-bond donors (Lipinski definition) is 1. The van der Waals surface area contributed by atoms with Crippen LogP contribution in [0.3, 0.4) is 0 Å². The fourth-order valence-electron chi connectivity index (χ4n) is 2.26. The summed E-state index contributed by atoms with van der Waals surface area (Å²) in [7, 11) is 2.21. The van der Waals surface area contributed by atoms with Gasteiger partial charge in [-0.2, -0.15) is 0 Å². The molecule has 0 aromatic heterocycles. The molecule has 0 aliphatic rings. The number of nitrogens with zero attached hydrogens (tertiary/aromatic N) is 1. The van der Waals surface area contributed by atoms with Gasteiger partial charge in [0.2, 0.25) is 0 Å². The second-order valence-electron chi connectivity index (χ2n) is 6.95. The van der Waals surface area contributed by atoms with E-state index in [0.29, 0.717) is 11.5 Å². The standard InChI is InChI=1S/C18H32N2/c1-7-12-19-13-16-8-10-17(11-9-16)14-20(6)15(2)18(3,4)5/h8-11,15,19H,7,12-14H2,1-6H3. The van der Waals surface area contributed by atoms with E-state index in [1.807, 2.05) is 0 Å². The lowest BCUT2D eigenvalue weighted by molar-refractivity contribution is 0.134. The van der Waals surface area contributed by atoms with Crippen LogP contribution < -0.4 is 5.32 Å². The van der Waals surface area contributed by atoms with Crippen molar-refractivity contribution in [3.63, 3.8) is 0 Å². The zero-order chi connectivity index (χ0) is 15.2. The predicted octanol–water partition coefficient (Wildman–Crippen LogP) is 4.05. The van der Waals surface area contributed by atoms with E-state index >= 15 is 0 Å². The van der Waals surface area contributed by atoms with Gasteiger partial charge >= 0.3 is 0 Å². The summed E-state index contributed by atoms with van der Waals surface area (Å²) >= 11 is 0. The summed E-state index contributed by atoms with van der Waals surface area (Å²) in [6, 6.07) is 9.57. The van der Waals surface area contributed by atoms with Gasteiger partial charge in [-0.05, 0) is 43.5 Å². The van der Waals surface area contributed by atoms with Crippen LogP contribution in [0.1, 0.15) is 52.2 Å². The molecule has 1 aromatic rings. The van der Waals surface area contributed by atoms with E-state index in [4.69, 9.17) is 0 Å². The smallest absolute Gasteiger partial charge is 0.0233 e. The minimum atomic E-state index is 0.318. The summed E-state index contributed by atoms with van der Waals surface area (Å²) in [5, 5.41) is 3.44. The lowest BCUT2D eigenvalue weighted by Gasteiger charge is -2.35. The van der Waals surface area contributed by atoms with E-state index in [0.717, 1.165) is 19.6 Å². The van der Waals surface area contributed by atoms with Crippen molar-refractivity contribution >= 4 is 0 Å². The summed E-state index contributed by atoms with van der Waals surface area (Å²) in [6.07, 6.45) is 1.19. The Labute approximate surface area is 125 Å². The predicted molar refractivity (Wildman–Crippen MR) is 88.8 cm³/mol. The van der Waals surface area contributed by atoms with Crippen molar-refractivity contribution in [3.05, 3.63) is 35.4 Å². The van der Waals surface area contributed by atoms with Gasteiger partial charge in [-0.1, -0.05) is 52.0 Å². The highest BCUT2D eigenvalue weighted by Crippen LogP contribution is 2.24. The summed E-state index contributed by atoms with van der Waals surface area (Å²) in [5.74, 6) is 0. The van der Waals surface area contributed by atoms with Crippen molar-refractivity contribution in [2.24, 2.45) is 5.41 Å². The maximum atomic E-state index is 3.44. The minimum Gasteiger partial charge on any atom is -0.313 e. The molecule has 20 heavy (non-hydrogen) atoms. The second-order valence-corrected chi connectivity index (χ2v) is 6.95. The Morgan fingerprint density at radius 2 is 1.65 bits per heavy atom. The lowest BCUT2D eigenvalue weighted by Crippen LogP contribution is -2.38. The fourth-order valence-corrected chi connectivity index (χ4v) is 2.26. The molecule has 0 fully saturated rings. The van der Waals surface area contributed by atoms with Gasteiger partial charge < -0.3 is 5.32 Å². The van der Waals surface area contributed by atoms with Gasteiger partial charge in [0.15, 0.2) is 0 Å². The van der Waals surface area contributed by atoms with Crippen molar-refractivity contribution in [2.75, 3.05) is 13.6 Å². The van der Waals surface area contributed by atoms with Crippen molar-refractivity contribution < 1.29 is 0 Å². The van der Waals surface area contributed by atoms with Crippen molar-refractivity contribution in [1.29, 1.82) is 0 Å². The average Bonchev–Trinajstić information content (AvgIpc) is 2.39. The normalized spacial score (nSPS) is 13.8. The molecule has 1 rings (SSSR count). The third-order valence-electron chi connectivity index (χ3n) is 4.13. The van der Waals surface area contributed by atoms with Crippen LogP contribution in [0.25, 0.3) is 0 Å². The Hall–Kier alpha value is -0.860. The van der Waals surface area contributed by atoms with Crippen LogP contribution in [0.4, 0.5) is 0 Å². The number of nitrogens with one attached hydrogen (secondary N) is 1. The molecule has 1 atom stereocenters. The van der Waals surface area contributed by atoms with Gasteiger partial charge in [-0.25, -0.2) is 0 Å². The molecule has 2 heteroatoms. The molecule has 0 aliphatic carbocycles. The van der Waals surface area contributed by atoms with E-state index in [1.54, 1.807) is 0 Å². The van der Waals surface area contributed by atoms with Crippen LogP contribution in [0.15, 0.2) is 24.3 Å². The number of hydrogen-bond acceptors (Lipinski definition) is 2. The number of benzene rings is 1. The molecule has 1 N–H and O–H groups in total. The molecule has 0 radical (unpaired) electrons. The lowest BCUT2D eigenvalue weighted by atomic mass is 9.87. The molecular formula is C18H32N2. The van der Waals surface area contributed by atoms with Crippen LogP contribution >= 0.6 is 0 Å². The molecule has 0 saturated heterocycles. The SMILES string of the molecule is CCCNCc1ccc(CN(C)C(C)C(C)(C)C)cc1. The van der Waals surface area contributed by atoms with Gasteiger partial charge in [0.25, 0.3) is 0 Å². The molecule has 0 saturated carbocycles. The summed E-state index contributed by atoms with van der Waals surface area (Å²) in [5.41, 5.74) is 3.08. The first-order valence-corrected chi connectivity index (χ1v) is 7.83. The Morgan fingerprint density at radius 1 is 1.10 bits per heavy atom. The first-order valence-electron chi connectivity index (χ1n) is 7.83. The van der Waals surface area contributed by atoms with Gasteiger partial charge in [-0.3, -0.25) is 4.90 Å². The van der Waals surface area contributed by atoms with Gasteiger partial charge in [0.05, 0.1) is 0 Å². The maximum Gasteiger partial charge on any atom is 0.0233 e. The van der Waals surface area contributed by atoms with Crippen LogP contribution in [0.2, 0.25) is 0 Å². The molecular weight excluding hydrogens is 244 g/mol. The third-order valence-corrected chi connectivity index (χ3v) is 4.13. The van der Waals surface area contributed by atoms with Crippen LogP contribution in [0, 0.1) is 5.41 Å². The summed E-state index contributed by atoms with van der Waals surface area (Å²) in [6.45, 7) is 14.5. The van der Waals surface area contributed by atoms with E-state index < -0.39 is 0 Å². The summed E-state index contributed by atoms with van der Waals surface area (Å²) < 4.78 is 0. The maximum absolute atomic E-state index is 3.44. The second kappa shape index (κ2) is 7.80. The largest absolute Gasteiger partial charge is 0.313 e. The van der Waals surface area contributed by atoms with Gasteiger partial charge in [0.1, 0.15) is 0 Å². The quantitative estimate of drug-likeness (QED) is 0.756. The van der Waals surface area contributed by atoms with Gasteiger partial charge in [0, 0.05) is 19.1 Å². The first kappa shape index (κ1) is 17.2. The van der Waals surface area contributed by atoms with Crippen LogP contribution in [0.5, 0.6) is 0 Å². The molecule has 0 bridgehead atoms. The molecule has 0 heterocycles. The van der Waals surface area contributed by atoms with E-state index in [9.17, 15) is 0 Å². The fraction of sp³-hybridized carbons (Fsp3) is 0.667. The third kappa shape index (κ3) is 5.64. The number of rotatable bonds is 7. The highest BCUT2D eigenvalue weighted by atomic mass is 15.1. The molecule has 0 aliphatic heterocycles. The highest BCUT2D eigenvalue weighted by Gasteiger charge is 2.23. The topological polar surface area (TPSA) is 15.3 Å². The van der Waals surface area contributed by atoms with E-state index in [2.05, 4.69) is 76.1 Å². The van der Waals surface area contributed by atoms with Crippen molar-refractivity contribution in [2.45, 2.75) is 60.2 Å². The average molecular weight is 276 g/mol. The Morgan fingerprint density at radius 3 is 2.15 bits per heavy atom. The Kier molecular flexibility index (Phi) is 6.70. The minimum absolute atomic E-state index is 0.318. The molecule has 2 nitrogen and oxygen atoms in total. The Balaban J connectivity index is 2.52. The van der Waals surface area contributed by atoms with Crippen molar-refractivity contribution in [3.8, 4) is 0 Å². The summed E-state index contributed by atoms with van der Waals surface area (Å²) in [4.78, 5) is 2.43. The monoisotopic (exact) mass is 276 g/mol. The van der Waals surface area contributed by atoms with Crippen LogP contribution in [-0.2, 0) is 13.1 Å². The van der Waals surface area contributed by atoms with E-state index in [-0.39, 0.29) is 0 Å².